The summed E-state index contributed by atoms with van der Waals surface area (Å²) in [5.41, 5.74) is 6.75. The van der Waals surface area contributed by atoms with Crippen LogP contribution >= 0.6 is 27.3 Å². The van der Waals surface area contributed by atoms with Gasteiger partial charge in [-0.15, -0.1) is 11.3 Å². The van der Waals surface area contributed by atoms with Crippen LogP contribution in [-0.4, -0.2) is 15.5 Å². The van der Waals surface area contributed by atoms with Gasteiger partial charge >= 0.3 is 0 Å². The zero-order valence-corrected chi connectivity index (χ0v) is 12.7. The highest BCUT2D eigenvalue weighted by molar-refractivity contribution is 9.10. The maximum absolute atomic E-state index is 12.4. The fourth-order valence-electron chi connectivity index (χ4n) is 1.41. The Labute approximate surface area is 118 Å². The molecular formula is C11H11BrN2O2S2. The highest BCUT2D eigenvalue weighted by Gasteiger charge is 2.24. The average Bonchev–Trinajstić information content (AvgIpc) is 2.76. The first-order valence-corrected chi connectivity index (χ1v) is 8.11. The topological polar surface area (TPSA) is 63.4 Å². The molecule has 0 aliphatic heterocycles. The van der Waals surface area contributed by atoms with E-state index < -0.39 is 10.0 Å². The van der Waals surface area contributed by atoms with Gasteiger partial charge in [-0.3, -0.25) is 4.31 Å². The van der Waals surface area contributed by atoms with Crippen LogP contribution < -0.4 is 10.0 Å². The van der Waals surface area contributed by atoms with Crippen molar-refractivity contribution >= 4 is 48.7 Å². The van der Waals surface area contributed by atoms with Crippen molar-refractivity contribution in [3.05, 3.63) is 40.2 Å². The molecule has 0 aliphatic carbocycles. The Morgan fingerprint density at radius 3 is 2.33 bits per heavy atom. The summed E-state index contributed by atoms with van der Waals surface area (Å²) in [4.78, 5) is 0. The van der Waals surface area contributed by atoms with Crippen LogP contribution in [0.4, 0.5) is 11.4 Å². The lowest BCUT2D eigenvalue weighted by Crippen LogP contribution is -2.26. The third kappa shape index (κ3) is 2.38. The number of nitrogen functional groups attached to an aromatic ring is 1. The number of thiophene rings is 1. The van der Waals surface area contributed by atoms with E-state index in [1.807, 2.05) is 0 Å². The van der Waals surface area contributed by atoms with Gasteiger partial charge in [0, 0.05) is 17.2 Å². The third-order valence-electron chi connectivity index (χ3n) is 2.44. The van der Waals surface area contributed by atoms with Crippen LogP contribution in [0.15, 0.2) is 44.4 Å². The number of hydrogen-bond donors (Lipinski definition) is 1. The molecule has 0 unspecified atom stereocenters. The molecule has 0 fully saturated rings. The van der Waals surface area contributed by atoms with Crippen molar-refractivity contribution in [2.45, 2.75) is 4.21 Å². The zero-order chi connectivity index (χ0) is 13.3. The van der Waals surface area contributed by atoms with Crippen LogP contribution in [-0.2, 0) is 10.0 Å². The lowest BCUT2D eigenvalue weighted by molar-refractivity contribution is 0.596. The Kier molecular flexibility index (Phi) is 3.65. The van der Waals surface area contributed by atoms with E-state index in [4.69, 9.17) is 5.73 Å². The largest absolute Gasteiger partial charge is 0.399 e. The molecule has 1 aromatic heterocycles. The molecule has 2 rings (SSSR count). The van der Waals surface area contributed by atoms with Crippen LogP contribution in [0.1, 0.15) is 0 Å². The number of nitrogens with zero attached hydrogens (tertiary/aromatic N) is 1. The third-order valence-corrected chi connectivity index (χ3v) is 6.87. The molecule has 18 heavy (non-hydrogen) atoms. The fraction of sp³-hybridized carbons (Fsp3) is 0.0909. The number of rotatable bonds is 3. The molecule has 0 radical (unpaired) electrons. The first-order chi connectivity index (χ1) is 8.43. The van der Waals surface area contributed by atoms with Crippen LogP contribution in [0.25, 0.3) is 0 Å². The summed E-state index contributed by atoms with van der Waals surface area (Å²) in [5.74, 6) is 0. The van der Waals surface area contributed by atoms with Crippen LogP contribution in [0, 0.1) is 0 Å². The van der Waals surface area contributed by atoms with Gasteiger partial charge in [-0.1, -0.05) is 0 Å². The van der Waals surface area contributed by atoms with Crippen molar-refractivity contribution in [1.29, 1.82) is 0 Å². The lowest BCUT2D eigenvalue weighted by Gasteiger charge is -2.18. The fourth-order valence-corrected chi connectivity index (χ4v) is 5.07. The molecule has 0 saturated carbocycles. The van der Waals surface area contributed by atoms with E-state index in [0.29, 0.717) is 20.1 Å². The van der Waals surface area contributed by atoms with E-state index in [0.717, 1.165) is 0 Å². The monoisotopic (exact) mass is 346 g/mol. The van der Waals surface area contributed by atoms with Gasteiger partial charge in [-0.05, 0) is 51.6 Å². The summed E-state index contributed by atoms with van der Waals surface area (Å²) in [5, 5.41) is 1.73. The SMILES string of the molecule is CN(c1ccc(N)cc1)S(=O)(=O)c1sccc1Br. The highest BCUT2D eigenvalue weighted by atomic mass is 79.9. The smallest absolute Gasteiger partial charge is 0.274 e. The molecule has 7 heteroatoms. The summed E-state index contributed by atoms with van der Waals surface area (Å²) in [6, 6.07) is 8.41. The molecule has 1 aromatic carbocycles. The van der Waals surface area contributed by atoms with Crippen molar-refractivity contribution in [2.24, 2.45) is 0 Å². The second-order valence-electron chi connectivity index (χ2n) is 3.62. The number of sulfonamides is 1. The minimum Gasteiger partial charge on any atom is -0.399 e. The van der Waals surface area contributed by atoms with Crippen molar-refractivity contribution in [2.75, 3.05) is 17.1 Å². The van der Waals surface area contributed by atoms with Gasteiger partial charge in [-0.25, -0.2) is 8.42 Å². The highest BCUT2D eigenvalue weighted by Crippen LogP contribution is 2.32. The van der Waals surface area contributed by atoms with E-state index in [1.165, 1.54) is 22.7 Å². The van der Waals surface area contributed by atoms with E-state index >= 15 is 0 Å². The minimum absolute atomic E-state index is 0.293. The number of nitrogens with two attached hydrogens (primary N) is 1. The van der Waals surface area contributed by atoms with Gasteiger partial charge in [0.05, 0.1) is 5.69 Å². The minimum atomic E-state index is -3.53. The molecular weight excluding hydrogens is 336 g/mol. The molecule has 0 amide bonds. The zero-order valence-electron chi connectivity index (χ0n) is 9.50. The lowest BCUT2D eigenvalue weighted by atomic mass is 10.3. The molecule has 2 aromatic rings. The standard InChI is InChI=1S/C11H11BrN2O2S2/c1-14(9-4-2-8(13)3-5-9)18(15,16)11-10(12)6-7-17-11/h2-7H,13H2,1H3. The van der Waals surface area contributed by atoms with E-state index in [-0.39, 0.29) is 0 Å². The first kappa shape index (κ1) is 13.4. The molecule has 0 spiro atoms. The second kappa shape index (κ2) is 4.91. The Morgan fingerprint density at radius 1 is 1.22 bits per heavy atom. The normalized spacial score (nSPS) is 11.4. The van der Waals surface area contributed by atoms with Crippen molar-refractivity contribution < 1.29 is 8.42 Å². The molecule has 0 saturated heterocycles. The van der Waals surface area contributed by atoms with Gasteiger partial charge < -0.3 is 5.73 Å². The molecule has 0 bridgehead atoms. The summed E-state index contributed by atoms with van der Waals surface area (Å²) in [7, 11) is -2.01. The maximum atomic E-state index is 12.4. The predicted octanol–water partition coefficient (Wildman–Crippen LogP) is 2.92. The molecule has 4 nitrogen and oxygen atoms in total. The van der Waals surface area contributed by atoms with E-state index in [1.54, 1.807) is 35.7 Å². The van der Waals surface area contributed by atoms with Crippen LogP contribution in [0.3, 0.4) is 0 Å². The Morgan fingerprint density at radius 2 is 1.83 bits per heavy atom. The van der Waals surface area contributed by atoms with Crippen molar-refractivity contribution in [3.8, 4) is 0 Å². The van der Waals surface area contributed by atoms with Gasteiger partial charge in [0.2, 0.25) is 0 Å². The number of halogens is 1. The first-order valence-electron chi connectivity index (χ1n) is 5.00. The van der Waals surface area contributed by atoms with Crippen molar-refractivity contribution in [3.63, 3.8) is 0 Å². The molecule has 2 N–H and O–H groups in total. The Balaban J connectivity index is 2.42. The Hall–Kier alpha value is -1.05. The number of benzene rings is 1. The van der Waals surface area contributed by atoms with Gasteiger partial charge in [0.25, 0.3) is 10.0 Å². The van der Waals surface area contributed by atoms with Crippen LogP contribution in [0.5, 0.6) is 0 Å². The summed E-state index contributed by atoms with van der Waals surface area (Å²) >= 11 is 4.42. The average molecular weight is 347 g/mol. The van der Waals surface area contributed by atoms with Gasteiger partial charge in [0.1, 0.15) is 0 Å². The Bertz CT molecular complexity index is 650. The molecule has 1 heterocycles. The number of hydrogen-bond acceptors (Lipinski definition) is 4. The van der Waals surface area contributed by atoms with Gasteiger partial charge in [-0.2, -0.15) is 0 Å². The van der Waals surface area contributed by atoms with Crippen molar-refractivity contribution in [1.82, 2.24) is 0 Å². The van der Waals surface area contributed by atoms with E-state index in [9.17, 15) is 8.42 Å². The number of anilines is 2. The summed E-state index contributed by atoms with van der Waals surface area (Å²) in [6.45, 7) is 0. The summed E-state index contributed by atoms with van der Waals surface area (Å²) < 4.78 is 26.9. The quantitative estimate of drug-likeness (QED) is 0.869. The molecule has 96 valence electrons. The van der Waals surface area contributed by atoms with Gasteiger partial charge in [0.15, 0.2) is 4.21 Å². The maximum Gasteiger partial charge on any atom is 0.274 e. The van der Waals surface area contributed by atoms with Crippen LogP contribution in [0.2, 0.25) is 0 Å². The summed E-state index contributed by atoms with van der Waals surface area (Å²) in [6.07, 6.45) is 0. The predicted molar refractivity (Wildman–Crippen MR) is 78.5 cm³/mol. The molecule has 0 aliphatic rings. The second-order valence-corrected chi connectivity index (χ2v) is 7.56. The molecule has 0 atom stereocenters. The van der Waals surface area contributed by atoms with E-state index in [2.05, 4.69) is 15.9 Å².